The SMILES string of the molecule is NC(=O)CCCn1c(N)n[nH]c1=S. The average molecular weight is 201 g/mol. The van der Waals surface area contributed by atoms with Gasteiger partial charge in [-0.2, -0.15) is 0 Å². The third-order valence-corrected chi connectivity index (χ3v) is 1.90. The lowest BCUT2D eigenvalue weighted by atomic mass is 10.3. The van der Waals surface area contributed by atoms with Crippen molar-refractivity contribution in [1.29, 1.82) is 0 Å². The summed E-state index contributed by atoms with van der Waals surface area (Å²) in [5.41, 5.74) is 10.5. The Morgan fingerprint density at radius 3 is 2.85 bits per heavy atom. The molecule has 72 valence electrons. The maximum absolute atomic E-state index is 10.4. The number of primary amides is 1. The molecule has 13 heavy (non-hydrogen) atoms. The normalized spacial score (nSPS) is 10.2. The number of carbonyl (C=O) groups is 1. The minimum atomic E-state index is -0.325. The van der Waals surface area contributed by atoms with Crippen molar-refractivity contribution in [3.63, 3.8) is 0 Å². The van der Waals surface area contributed by atoms with Crippen LogP contribution in [0.3, 0.4) is 0 Å². The van der Waals surface area contributed by atoms with Crippen molar-refractivity contribution in [2.45, 2.75) is 19.4 Å². The van der Waals surface area contributed by atoms with Gasteiger partial charge in [-0.3, -0.25) is 9.36 Å². The molecule has 1 aromatic heterocycles. The third-order valence-electron chi connectivity index (χ3n) is 1.59. The Morgan fingerprint density at radius 1 is 1.69 bits per heavy atom. The van der Waals surface area contributed by atoms with E-state index >= 15 is 0 Å². The van der Waals surface area contributed by atoms with E-state index in [1.165, 1.54) is 0 Å². The number of amides is 1. The molecule has 0 bridgehead atoms. The van der Waals surface area contributed by atoms with Crippen LogP contribution >= 0.6 is 12.2 Å². The van der Waals surface area contributed by atoms with Gasteiger partial charge in [0.15, 0.2) is 4.77 Å². The number of rotatable bonds is 4. The Hall–Kier alpha value is -1.37. The van der Waals surface area contributed by atoms with E-state index in [9.17, 15) is 4.79 Å². The second kappa shape index (κ2) is 4.04. The van der Waals surface area contributed by atoms with Gasteiger partial charge in [0.2, 0.25) is 11.9 Å². The second-order valence-electron chi connectivity index (χ2n) is 2.61. The number of nitrogen functional groups attached to an aromatic ring is 1. The lowest BCUT2D eigenvalue weighted by Gasteiger charge is -2.00. The Kier molecular flexibility index (Phi) is 3.02. The largest absolute Gasteiger partial charge is 0.370 e. The lowest BCUT2D eigenvalue weighted by molar-refractivity contribution is -0.118. The van der Waals surface area contributed by atoms with Gasteiger partial charge < -0.3 is 11.5 Å². The van der Waals surface area contributed by atoms with E-state index in [0.29, 0.717) is 30.1 Å². The van der Waals surface area contributed by atoms with Crippen LogP contribution in [0.15, 0.2) is 0 Å². The van der Waals surface area contributed by atoms with E-state index < -0.39 is 0 Å². The number of nitrogens with one attached hydrogen (secondary N) is 1. The summed E-state index contributed by atoms with van der Waals surface area (Å²) in [5.74, 6) is 0.00283. The fraction of sp³-hybridized carbons (Fsp3) is 0.500. The quantitative estimate of drug-likeness (QED) is 0.586. The summed E-state index contributed by atoms with van der Waals surface area (Å²) in [6.07, 6.45) is 0.944. The zero-order valence-electron chi connectivity index (χ0n) is 6.99. The van der Waals surface area contributed by atoms with Crippen LogP contribution in [0, 0.1) is 4.77 Å². The van der Waals surface area contributed by atoms with E-state index in [4.69, 9.17) is 23.7 Å². The minimum absolute atomic E-state index is 0.325. The lowest BCUT2D eigenvalue weighted by Crippen LogP contribution is -2.12. The molecule has 0 aliphatic rings. The summed E-state index contributed by atoms with van der Waals surface area (Å²) < 4.78 is 2.08. The molecule has 0 fully saturated rings. The molecule has 0 aromatic carbocycles. The Bertz CT molecular complexity index is 354. The molecule has 5 N–H and O–H groups in total. The van der Waals surface area contributed by atoms with Crippen LogP contribution in [0.1, 0.15) is 12.8 Å². The van der Waals surface area contributed by atoms with Gasteiger partial charge in [-0.15, -0.1) is 5.10 Å². The zero-order valence-corrected chi connectivity index (χ0v) is 7.80. The molecule has 0 spiro atoms. The van der Waals surface area contributed by atoms with E-state index in [2.05, 4.69) is 10.2 Å². The van der Waals surface area contributed by atoms with Gasteiger partial charge in [0.25, 0.3) is 0 Å². The van der Waals surface area contributed by atoms with Gasteiger partial charge in [0.1, 0.15) is 0 Å². The van der Waals surface area contributed by atoms with Crippen molar-refractivity contribution in [2.24, 2.45) is 5.73 Å². The molecule has 0 saturated carbocycles. The van der Waals surface area contributed by atoms with Crippen LogP contribution in [0.2, 0.25) is 0 Å². The maximum Gasteiger partial charge on any atom is 0.220 e. The standard InChI is InChI=1S/C6H11N5OS/c7-4(12)2-1-3-11-5(8)9-10-6(11)13/h1-3H2,(H2,7,12)(H2,8,9)(H,10,13). The van der Waals surface area contributed by atoms with Crippen LogP contribution in [-0.2, 0) is 11.3 Å². The van der Waals surface area contributed by atoms with Gasteiger partial charge in [-0.1, -0.05) is 0 Å². The number of aromatic amines is 1. The highest BCUT2D eigenvalue weighted by atomic mass is 32.1. The molecule has 6 nitrogen and oxygen atoms in total. The summed E-state index contributed by atoms with van der Waals surface area (Å²) in [5, 5.41) is 6.27. The molecular formula is C6H11N5OS. The van der Waals surface area contributed by atoms with E-state index in [1.807, 2.05) is 0 Å². The van der Waals surface area contributed by atoms with E-state index in [0.717, 1.165) is 0 Å². The zero-order chi connectivity index (χ0) is 9.84. The summed E-state index contributed by atoms with van der Waals surface area (Å²) in [4.78, 5) is 10.4. The third kappa shape index (κ3) is 2.55. The highest BCUT2D eigenvalue weighted by Crippen LogP contribution is 2.01. The van der Waals surface area contributed by atoms with Crippen LogP contribution < -0.4 is 11.5 Å². The molecule has 0 unspecified atom stereocenters. The van der Waals surface area contributed by atoms with Gasteiger partial charge in [0, 0.05) is 13.0 Å². The maximum atomic E-state index is 10.4. The van der Waals surface area contributed by atoms with Crippen LogP contribution in [0.25, 0.3) is 0 Å². The predicted octanol–water partition coefficient (Wildman–Crippen LogP) is -0.212. The van der Waals surface area contributed by atoms with Crippen molar-refractivity contribution in [3.05, 3.63) is 4.77 Å². The Morgan fingerprint density at radius 2 is 2.38 bits per heavy atom. The number of H-pyrrole nitrogens is 1. The molecule has 0 atom stereocenters. The van der Waals surface area contributed by atoms with Gasteiger partial charge in [-0.05, 0) is 18.6 Å². The minimum Gasteiger partial charge on any atom is -0.370 e. The van der Waals surface area contributed by atoms with Gasteiger partial charge >= 0.3 is 0 Å². The summed E-state index contributed by atoms with van der Waals surface area (Å²) in [7, 11) is 0. The molecule has 7 heteroatoms. The Labute approximate surface area is 79.9 Å². The average Bonchev–Trinajstić information content (AvgIpc) is 2.34. The number of hydrogen-bond acceptors (Lipinski definition) is 4. The molecule has 1 aromatic rings. The van der Waals surface area contributed by atoms with E-state index in [-0.39, 0.29) is 5.91 Å². The van der Waals surface area contributed by atoms with Crippen molar-refractivity contribution in [3.8, 4) is 0 Å². The first-order valence-corrected chi connectivity index (χ1v) is 4.21. The first-order chi connectivity index (χ1) is 6.11. The smallest absolute Gasteiger partial charge is 0.220 e. The fourth-order valence-corrected chi connectivity index (χ4v) is 1.19. The monoisotopic (exact) mass is 201 g/mol. The first kappa shape index (κ1) is 9.72. The number of hydrogen-bond donors (Lipinski definition) is 3. The van der Waals surface area contributed by atoms with Gasteiger partial charge in [-0.25, -0.2) is 5.10 Å². The number of aromatic nitrogens is 3. The van der Waals surface area contributed by atoms with E-state index in [1.54, 1.807) is 4.57 Å². The molecule has 0 aliphatic carbocycles. The number of carbonyl (C=O) groups excluding carboxylic acids is 1. The highest BCUT2D eigenvalue weighted by molar-refractivity contribution is 7.71. The summed E-state index contributed by atoms with van der Waals surface area (Å²) >= 11 is 4.90. The van der Waals surface area contributed by atoms with Gasteiger partial charge in [0.05, 0.1) is 0 Å². The fourth-order valence-electron chi connectivity index (χ4n) is 0.957. The number of nitrogens with two attached hydrogens (primary N) is 2. The Balaban J connectivity index is 2.54. The van der Waals surface area contributed by atoms with Crippen LogP contribution in [0.4, 0.5) is 5.95 Å². The topological polar surface area (TPSA) is 103 Å². The van der Waals surface area contributed by atoms with Crippen LogP contribution in [0.5, 0.6) is 0 Å². The van der Waals surface area contributed by atoms with Crippen molar-refractivity contribution in [1.82, 2.24) is 14.8 Å². The summed E-state index contributed by atoms with van der Waals surface area (Å²) in [6, 6.07) is 0. The molecule has 0 radical (unpaired) electrons. The molecule has 1 heterocycles. The first-order valence-electron chi connectivity index (χ1n) is 3.80. The second-order valence-corrected chi connectivity index (χ2v) is 3.00. The molecule has 0 aliphatic heterocycles. The number of nitrogens with zero attached hydrogens (tertiary/aromatic N) is 2. The molecular weight excluding hydrogens is 190 g/mol. The highest BCUT2D eigenvalue weighted by Gasteiger charge is 2.01. The molecule has 1 rings (SSSR count). The van der Waals surface area contributed by atoms with Crippen molar-refractivity contribution < 1.29 is 4.79 Å². The summed E-state index contributed by atoms with van der Waals surface area (Å²) in [6.45, 7) is 0.560. The van der Waals surface area contributed by atoms with Crippen LogP contribution in [-0.4, -0.2) is 20.7 Å². The molecule has 0 saturated heterocycles. The predicted molar refractivity (Wildman–Crippen MR) is 50.3 cm³/mol. The van der Waals surface area contributed by atoms with Crippen molar-refractivity contribution >= 4 is 24.1 Å². The number of anilines is 1. The molecule has 1 amide bonds. The van der Waals surface area contributed by atoms with Crippen molar-refractivity contribution in [2.75, 3.05) is 5.73 Å².